The van der Waals surface area contributed by atoms with Gasteiger partial charge in [0.25, 0.3) is 0 Å². The molecular formula is C32H44N6O4. The van der Waals surface area contributed by atoms with Crippen LogP contribution in [0.25, 0.3) is 11.3 Å². The number of imidazole rings is 2. The van der Waals surface area contributed by atoms with Crippen molar-refractivity contribution in [3.63, 3.8) is 0 Å². The molecule has 1 unspecified atom stereocenters. The topological polar surface area (TPSA) is 125 Å². The molecule has 226 valence electrons. The van der Waals surface area contributed by atoms with E-state index >= 15 is 0 Å². The molecule has 0 saturated carbocycles. The highest BCUT2D eigenvalue weighted by molar-refractivity contribution is 5.75. The van der Waals surface area contributed by atoms with Gasteiger partial charge in [0.2, 0.25) is 0 Å². The van der Waals surface area contributed by atoms with Crippen LogP contribution >= 0.6 is 0 Å². The van der Waals surface area contributed by atoms with Gasteiger partial charge in [-0.15, -0.1) is 0 Å². The summed E-state index contributed by atoms with van der Waals surface area (Å²) in [6.07, 6.45) is 7.42. The smallest absolute Gasteiger partial charge is 0.410 e. The molecule has 42 heavy (non-hydrogen) atoms. The molecule has 2 aromatic heterocycles. The Hall–Kier alpha value is -3.66. The molecule has 4 heterocycles. The van der Waals surface area contributed by atoms with Crippen LogP contribution in [0.4, 0.5) is 4.79 Å². The molecule has 0 aliphatic carbocycles. The first kappa shape index (κ1) is 29.8. The average Bonchev–Trinajstić information content (AvgIpc) is 3.72. The number of aryl methyl sites for hydroxylation is 2. The van der Waals surface area contributed by atoms with E-state index in [0.717, 1.165) is 67.2 Å². The lowest BCUT2D eigenvalue weighted by molar-refractivity contribution is -0.160. The van der Waals surface area contributed by atoms with Crippen LogP contribution in [0.1, 0.15) is 95.7 Å². The van der Waals surface area contributed by atoms with Crippen molar-refractivity contribution in [1.29, 1.82) is 0 Å². The Labute approximate surface area is 248 Å². The number of rotatable bonds is 7. The number of benzene rings is 1. The van der Waals surface area contributed by atoms with Crippen molar-refractivity contribution in [1.82, 2.24) is 30.2 Å². The largest absolute Gasteiger partial charge is 0.445 e. The van der Waals surface area contributed by atoms with Gasteiger partial charge in [-0.1, -0.05) is 24.3 Å². The summed E-state index contributed by atoms with van der Waals surface area (Å²) in [7, 11) is 0. The molecule has 3 aromatic rings. The molecule has 1 aromatic carbocycles. The van der Waals surface area contributed by atoms with Crippen LogP contribution in [0.2, 0.25) is 0 Å². The monoisotopic (exact) mass is 576 g/mol. The maximum absolute atomic E-state index is 12.7. The van der Waals surface area contributed by atoms with Crippen LogP contribution in [-0.4, -0.2) is 61.8 Å². The van der Waals surface area contributed by atoms with Crippen molar-refractivity contribution in [2.24, 2.45) is 5.41 Å². The van der Waals surface area contributed by atoms with Gasteiger partial charge in [0, 0.05) is 18.4 Å². The summed E-state index contributed by atoms with van der Waals surface area (Å²) < 4.78 is 11.4. The Balaban J connectivity index is 1.16. The highest BCUT2D eigenvalue weighted by atomic mass is 16.6. The van der Waals surface area contributed by atoms with E-state index in [1.54, 1.807) is 4.90 Å². The molecule has 10 heteroatoms. The fourth-order valence-electron chi connectivity index (χ4n) is 5.44. The second kappa shape index (κ2) is 11.9. The normalized spacial score (nSPS) is 21.1. The van der Waals surface area contributed by atoms with Crippen molar-refractivity contribution < 1.29 is 19.1 Å². The molecule has 10 nitrogen and oxygen atoms in total. The lowest BCUT2D eigenvalue weighted by Gasteiger charge is -2.27. The van der Waals surface area contributed by atoms with Gasteiger partial charge in [-0.05, 0) is 91.3 Å². The quantitative estimate of drug-likeness (QED) is 0.311. The van der Waals surface area contributed by atoms with Crippen LogP contribution in [-0.2, 0) is 27.1 Å². The summed E-state index contributed by atoms with van der Waals surface area (Å²) in [4.78, 5) is 43.0. The number of amides is 1. The summed E-state index contributed by atoms with van der Waals surface area (Å²) in [6.45, 7) is 12.7. The number of esters is 1. The van der Waals surface area contributed by atoms with Crippen LogP contribution in [0.5, 0.6) is 0 Å². The van der Waals surface area contributed by atoms with Gasteiger partial charge in [-0.25, -0.2) is 14.8 Å². The zero-order chi connectivity index (χ0) is 30.1. The highest BCUT2D eigenvalue weighted by Crippen LogP contribution is 2.32. The molecule has 2 aliphatic rings. The number of carbonyl (C=O) groups excluding carboxylic acids is 2. The zero-order valence-electron chi connectivity index (χ0n) is 25.6. The van der Waals surface area contributed by atoms with Crippen LogP contribution in [0.3, 0.4) is 0 Å². The minimum Gasteiger partial charge on any atom is -0.445 e. The third-order valence-corrected chi connectivity index (χ3v) is 7.75. The molecule has 3 N–H and O–H groups in total. The fourth-order valence-corrected chi connectivity index (χ4v) is 5.44. The Morgan fingerprint density at radius 1 is 0.952 bits per heavy atom. The Kier molecular flexibility index (Phi) is 8.46. The van der Waals surface area contributed by atoms with Gasteiger partial charge in [-0.2, -0.15) is 0 Å². The van der Waals surface area contributed by atoms with E-state index in [0.29, 0.717) is 6.54 Å². The van der Waals surface area contributed by atoms with E-state index in [1.807, 2.05) is 53.9 Å². The SMILES string of the molecule is CC(C)(C)OC(=O)N1CCC[C@H]1c1ncc(CCc2ccc(-c3cnc([C@@H]4CCNC4OC(=O)C(C)(C)C)[nH]3)cc2)[nH]1. The van der Waals surface area contributed by atoms with E-state index < -0.39 is 11.0 Å². The van der Waals surface area contributed by atoms with Crippen LogP contribution < -0.4 is 5.32 Å². The minimum atomic E-state index is -0.552. The van der Waals surface area contributed by atoms with E-state index in [4.69, 9.17) is 9.47 Å². The molecule has 0 radical (unpaired) electrons. The molecule has 5 rings (SSSR count). The van der Waals surface area contributed by atoms with Crippen molar-refractivity contribution in [3.8, 4) is 11.3 Å². The van der Waals surface area contributed by atoms with Gasteiger partial charge in [-0.3, -0.25) is 15.0 Å². The zero-order valence-corrected chi connectivity index (χ0v) is 25.6. The van der Waals surface area contributed by atoms with Crippen molar-refractivity contribution in [2.75, 3.05) is 13.1 Å². The number of hydrogen-bond acceptors (Lipinski definition) is 7. The first-order valence-electron chi connectivity index (χ1n) is 15.0. The predicted molar refractivity (Wildman–Crippen MR) is 160 cm³/mol. The number of carbonyl (C=O) groups is 2. The molecular weight excluding hydrogens is 532 g/mol. The maximum Gasteiger partial charge on any atom is 0.410 e. The predicted octanol–water partition coefficient (Wildman–Crippen LogP) is 5.65. The number of ether oxygens (including phenoxy) is 2. The second-order valence-electron chi connectivity index (χ2n) is 13.4. The molecule has 0 spiro atoms. The number of likely N-dealkylation sites (tertiary alicyclic amines) is 1. The Morgan fingerprint density at radius 3 is 2.40 bits per heavy atom. The van der Waals surface area contributed by atoms with E-state index in [1.165, 1.54) is 5.56 Å². The molecule has 0 bridgehead atoms. The summed E-state index contributed by atoms with van der Waals surface area (Å²) in [6, 6.07) is 8.41. The van der Waals surface area contributed by atoms with Crippen molar-refractivity contribution in [3.05, 3.63) is 59.6 Å². The van der Waals surface area contributed by atoms with Gasteiger partial charge in [0.1, 0.15) is 17.2 Å². The molecule has 3 atom stereocenters. The maximum atomic E-state index is 12.7. The van der Waals surface area contributed by atoms with Crippen LogP contribution in [0.15, 0.2) is 36.7 Å². The number of nitrogens with zero attached hydrogens (tertiary/aromatic N) is 3. The minimum absolute atomic E-state index is 0.0101. The van der Waals surface area contributed by atoms with E-state index in [2.05, 4.69) is 49.5 Å². The first-order valence-corrected chi connectivity index (χ1v) is 15.0. The first-order chi connectivity index (χ1) is 19.9. The van der Waals surface area contributed by atoms with Crippen LogP contribution in [0, 0.1) is 5.41 Å². The van der Waals surface area contributed by atoms with Gasteiger partial charge in [0.15, 0.2) is 6.23 Å². The van der Waals surface area contributed by atoms with Crippen molar-refractivity contribution in [2.45, 2.75) is 97.4 Å². The highest BCUT2D eigenvalue weighted by Gasteiger charge is 2.37. The molecule has 2 fully saturated rings. The average molecular weight is 577 g/mol. The molecule has 2 aliphatic heterocycles. The van der Waals surface area contributed by atoms with E-state index in [-0.39, 0.29) is 30.3 Å². The standard InChI is InChI=1S/C32H44N6O4/c1-31(2,3)29(39)41-28-23(15-16-33-28)26-35-19-24(37-26)21-12-9-20(10-13-21)11-14-22-18-34-27(36-22)25-8-7-17-38(25)30(40)42-32(4,5)6/h9-10,12-13,18-19,23,25,28,33H,7-8,11,14-17H2,1-6H3,(H,34,36)(H,35,37)/t23-,25-,28?/m0/s1. The lowest BCUT2D eigenvalue weighted by atomic mass is 9.97. The summed E-state index contributed by atoms with van der Waals surface area (Å²) >= 11 is 0. The summed E-state index contributed by atoms with van der Waals surface area (Å²) in [5, 5.41) is 3.29. The third-order valence-electron chi connectivity index (χ3n) is 7.75. The fraction of sp³-hybridized carbons (Fsp3) is 0.562. The summed E-state index contributed by atoms with van der Waals surface area (Å²) in [5.74, 6) is 1.42. The molecule has 1 amide bonds. The number of aromatic amines is 2. The Morgan fingerprint density at radius 2 is 1.69 bits per heavy atom. The number of H-pyrrole nitrogens is 2. The molecule has 2 saturated heterocycles. The van der Waals surface area contributed by atoms with Gasteiger partial charge < -0.3 is 19.4 Å². The number of hydrogen-bond donors (Lipinski definition) is 3. The number of nitrogens with one attached hydrogen (secondary N) is 3. The van der Waals surface area contributed by atoms with Gasteiger partial charge >= 0.3 is 12.1 Å². The lowest BCUT2D eigenvalue weighted by Crippen LogP contribution is -2.36. The van der Waals surface area contributed by atoms with Gasteiger partial charge in [0.05, 0.1) is 29.3 Å². The summed E-state index contributed by atoms with van der Waals surface area (Å²) in [5.41, 5.74) is 3.19. The second-order valence-corrected chi connectivity index (χ2v) is 13.4. The van der Waals surface area contributed by atoms with Crippen molar-refractivity contribution >= 4 is 12.1 Å². The van der Waals surface area contributed by atoms with E-state index in [9.17, 15) is 9.59 Å². The number of aromatic nitrogens is 4. The third kappa shape index (κ3) is 7.03. The Bertz CT molecular complexity index is 1380.